The van der Waals surface area contributed by atoms with Gasteiger partial charge < -0.3 is 10.6 Å². The highest BCUT2D eigenvalue weighted by molar-refractivity contribution is 7.18. The molecule has 4 aromatic rings. The van der Waals surface area contributed by atoms with E-state index in [1.165, 1.54) is 22.7 Å². The van der Waals surface area contributed by atoms with Crippen molar-refractivity contribution in [2.45, 2.75) is 13.0 Å². The average Bonchev–Trinajstić information content (AvgIpc) is 3.40. The van der Waals surface area contributed by atoms with E-state index < -0.39 is 0 Å². The Labute approximate surface area is 172 Å². The van der Waals surface area contributed by atoms with Gasteiger partial charge in [-0.15, -0.1) is 22.7 Å². The number of carbonyl (C=O) groups is 2. The highest BCUT2D eigenvalue weighted by Crippen LogP contribution is 2.29. The van der Waals surface area contributed by atoms with Crippen molar-refractivity contribution in [1.82, 2.24) is 20.5 Å². The van der Waals surface area contributed by atoms with Crippen LogP contribution in [0.1, 0.15) is 20.2 Å². The SMILES string of the molecule is O=C(Cc1cc2c(NC(=O)c3nccs3)[nH]nc2s1)NCc1ccc(Cl)cc1. The molecule has 4 rings (SSSR count). The number of aromatic amines is 1. The van der Waals surface area contributed by atoms with E-state index in [1.807, 2.05) is 18.2 Å². The van der Waals surface area contributed by atoms with Gasteiger partial charge in [-0.25, -0.2) is 4.98 Å². The molecule has 0 unspecified atom stereocenters. The number of nitrogens with zero attached hydrogens (tertiary/aromatic N) is 2. The molecule has 2 amide bonds. The molecule has 0 fully saturated rings. The van der Waals surface area contributed by atoms with Gasteiger partial charge >= 0.3 is 0 Å². The molecule has 0 saturated heterocycles. The molecule has 0 bridgehead atoms. The summed E-state index contributed by atoms with van der Waals surface area (Å²) in [5, 5.41) is 16.2. The summed E-state index contributed by atoms with van der Waals surface area (Å²) in [6, 6.07) is 9.19. The number of hydrogen-bond donors (Lipinski definition) is 3. The maximum atomic E-state index is 12.2. The molecule has 0 saturated carbocycles. The van der Waals surface area contributed by atoms with Crippen molar-refractivity contribution in [2.75, 3.05) is 5.32 Å². The average molecular weight is 432 g/mol. The zero-order chi connectivity index (χ0) is 19.5. The molecule has 0 aliphatic rings. The topological polar surface area (TPSA) is 99.8 Å². The lowest BCUT2D eigenvalue weighted by Crippen LogP contribution is -2.24. The van der Waals surface area contributed by atoms with Crippen LogP contribution in [-0.4, -0.2) is 27.0 Å². The number of rotatable bonds is 6. The van der Waals surface area contributed by atoms with Crippen LogP contribution >= 0.6 is 34.3 Å². The summed E-state index contributed by atoms with van der Waals surface area (Å²) in [6.45, 7) is 0.439. The van der Waals surface area contributed by atoms with Crippen molar-refractivity contribution in [3.63, 3.8) is 0 Å². The van der Waals surface area contributed by atoms with E-state index in [0.717, 1.165) is 20.7 Å². The maximum Gasteiger partial charge on any atom is 0.285 e. The van der Waals surface area contributed by atoms with Crippen molar-refractivity contribution in [3.05, 3.63) is 62.4 Å². The number of H-pyrrole nitrogens is 1. The van der Waals surface area contributed by atoms with Crippen LogP contribution in [0.5, 0.6) is 0 Å². The third-order valence-electron chi connectivity index (χ3n) is 3.90. The Balaban J connectivity index is 1.39. The molecule has 3 heterocycles. The van der Waals surface area contributed by atoms with Crippen LogP contribution in [0.4, 0.5) is 5.82 Å². The number of benzene rings is 1. The van der Waals surface area contributed by atoms with Gasteiger partial charge in [-0.2, -0.15) is 5.10 Å². The second-order valence-electron chi connectivity index (χ2n) is 5.90. The molecular formula is C18H14ClN5O2S2. The number of thiophene rings is 1. The molecule has 10 heteroatoms. The fourth-order valence-corrected chi connectivity index (χ4v) is 4.22. The Kier molecular flexibility index (Phi) is 5.38. The van der Waals surface area contributed by atoms with Gasteiger partial charge in [-0.1, -0.05) is 23.7 Å². The van der Waals surface area contributed by atoms with Crippen molar-refractivity contribution in [2.24, 2.45) is 0 Å². The van der Waals surface area contributed by atoms with E-state index in [9.17, 15) is 9.59 Å². The van der Waals surface area contributed by atoms with E-state index >= 15 is 0 Å². The van der Waals surface area contributed by atoms with Gasteiger partial charge in [0.15, 0.2) is 5.01 Å². The minimum Gasteiger partial charge on any atom is -0.352 e. The summed E-state index contributed by atoms with van der Waals surface area (Å²) in [5.41, 5.74) is 0.978. The van der Waals surface area contributed by atoms with Gasteiger partial charge in [0.05, 0.1) is 11.8 Å². The molecule has 142 valence electrons. The lowest BCUT2D eigenvalue weighted by molar-refractivity contribution is -0.120. The molecule has 1 aromatic carbocycles. The van der Waals surface area contributed by atoms with Gasteiger partial charge in [-0.3, -0.25) is 14.7 Å². The smallest absolute Gasteiger partial charge is 0.285 e. The predicted octanol–water partition coefficient (Wildman–Crippen LogP) is 3.85. The normalized spacial score (nSPS) is 10.9. The monoisotopic (exact) mass is 431 g/mol. The summed E-state index contributed by atoms with van der Waals surface area (Å²) >= 11 is 8.53. The molecule has 7 nitrogen and oxygen atoms in total. The van der Waals surface area contributed by atoms with E-state index in [1.54, 1.807) is 23.7 Å². The van der Waals surface area contributed by atoms with Crippen molar-refractivity contribution in [3.8, 4) is 0 Å². The van der Waals surface area contributed by atoms with Gasteiger partial charge in [0.2, 0.25) is 5.91 Å². The summed E-state index contributed by atoms with van der Waals surface area (Å²) < 4.78 is 0. The van der Waals surface area contributed by atoms with E-state index in [4.69, 9.17) is 11.6 Å². The van der Waals surface area contributed by atoms with Gasteiger partial charge in [-0.05, 0) is 23.8 Å². The molecule has 0 radical (unpaired) electrons. The first-order valence-corrected chi connectivity index (χ1v) is 10.3. The van der Waals surface area contributed by atoms with Crippen LogP contribution in [-0.2, 0) is 17.8 Å². The minimum atomic E-state index is -0.297. The molecule has 3 N–H and O–H groups in total. The first-order valence-electron chi connectivity index (χ1n) is 8.27. The molecule has 0 aliphatic heterocycles. The number of fused-ring (bicyclic) bond motifs is 1. The maximum absolute atomic E-state index is 12.2. The highest BCUT2D eigenvalue weighted by Gasteiger charge is 2.16. The molecule has 3 aromatic heterocycles. The van der Waals surface area contributed by atoms with Crippen LogP contribution < -0.4 is 10.6 Å². The van der Waals surface area contributed by atoms with E-state index in [2.05, 4.69) is 25.8 Å². The first kappa shape index (κ1) is 18.6. The standard InChI is InChI=1S/C18H14ClN5O2S2/c19-11-3-1-10(2-4-11)9-21-14(25)8-12-7-13-15(23-24-17(13)28-12)22-16(26)18-20-5-6-27-18/h1-7H,8-9H2,(H,21,25)(H2,22,23,24,26). The quantitative estimate of drug-likeness (QED) is 0.431. The first-order chi connectivity index (χ1) is 13.6. The minimum absolute atomic E-state index is 0.0868. The van der Waals surface area contributed by atoms with Crippen LogP contribution in [0.15, 0.2) is 41.9 Å². The van der Waals surface area contributed by atoms with Gasteiger partial charge in [0.1, 0.15) is 10.6 Å². The zero-order valence-corrected chi connectivity index (χ0v) is 16.7. The Hall–Kier alpha value is -2.75. The lowest BCUT2D eigenvalue weighted by Gasteiger charge is -2.04. The van der Waals surface area contributed by atoms with Crippen molar-refractivity contribution in [1.29, 1.82) is 0 Å². The van der Waals surface area contributed by atoms with E-state index in [0.29, 0.717) is 22.4 Å². The van der Waals surface area contributed by atoms with Crippen LogP contribution in [0, 0.1) is 0 Å². The molecular weight excluding hydrogens is 418 g/mol. The van der Waals surface area contributed by atoms with Crippen LogP contribution in [0.25, 0.3) is 10.2 Å². The predicted molar refractivity (Wildman–Crippen MR) is 111 cm³/mol. The van der Waals surface area contributed by atoms with Crippen molar-refractivity contribution < 1.29 is 9.59 Å². The summed E-state index contributed by atoms with van der Waals surface area (Å²) in [6.07, 6.45) is 1.82. The summed E-state index contributed by atoms with van der Waals surface area (Å²) in [5.74, 6) is 0.115. The number of carbonyl (C=O) groups excluding carboxylic acids is 2. The molecule has 0 spiro atoms. The summed E-state index contributed by atoms with van der Waals surface area (Å²) in [4.78, 5) is 30.0. The largest absolute Gasteiger partial charge is 0.352 e. The Morgan fingerprint density at radius 2 is 2.04 bits per heavy atom. The molecule has 0 aliphatic carbocycles. The Bertz CT molecular complexity index is 1120. The molecule has 0 atom stereocenters. The fraction of sp³-hybridized carbons (Fsp3) is 0.111. The molecule has 28 heavy (non-hydrogen) atoms. The Morgan fingerprint density at radius 3 is 2.79 bits per heavy atom. The number of halogens is 1. The summed E-state index contributed by atoms with van der Waals surface area (Å²) in [7, 11) is 0. The third kappa shape index (κ3) is 4.22. The number of nitrogens with one attached hydrogen (secondary N) is 3. The van der Waals surface area contributed by atoms with E-state index in [-0.39, 0.29) is 18.2 Å². The number of anilines is 1. The fourth-order valence-electron chi connectivity index (χ4n) is 2.57. The van der Waals surface area contributed by atoms with Crippen molar-refractivity contribution >= 4 is 62.1 Å². The second-order valence-corrected chi connectivity index (χ2v) is 8.35. The Morgan fingerprint density at radius 1 is 1.21 bits per heavy atom. The van der Waals surface area contributed by atoms with Crippen LogP contribution in [0.2, 0.25) is 5.02 Å². The van der Waals surface area contributed by atoms with Crippen LogP contribution in [0.3, 0.4) is 0 Å². The highest BCUT2D eigenvalue weighted by atomic mass is 35.5. The second kappa shape index (κ2) is 8.09. The number of thiazole rings is 1. The number of hydrogen-bond acceptors (Lipinski definition) is 6. The zero-order valence-electron chi connectivity index (χ0n) is 14.4. The third-order valence-corrected chi connectivity index (χ3v) is 5.96. The number of amides is 2. The van der Waals surface area contributed by atoms with Gasteiger partial charge in [0, 0.05) is 28.0 Å². The van der Waals surface area contributed by atoms with Gasteiger partial charge in [0.25, 0.3) is 5.91 Å². The number of aromatic nitrogens is 3. The lowest BCUT2D eigenvalue weighted by atomic mass is 10.2.